The highest BCUT2D eigenvalue weighted by Crippen LogP contribution is 2.10. The molecule has 0 aromatic heterocycles. The van der Waals surface area contributed by atoms with Crippen molar-refractivity contribution in [1.82, 2.24) is 5.32 Å². The summed E-state index contributed by atoms with van der Waals surface area (Å²) < 4.78 is 5.17. The highest BCUT2D eigenvalue weighted by atomic mass is 16.5. The minimum absolute atomic E-state index is 0.0524. The molecule has 0 bridgehead atoms. The Morgan fingerprint density at radius 2 is 1.85 bits per heavy atom. The molecule has 114 valence electrons. The number of rotatable bonds is 11. The van der Waals surface area contributed by atoms with E-state index in [9.17, 15) is 9.59 Å². The zero-order chi connectivity index (χ0) is 14.6. The van der Waals surface area contributed by atoms with Crippen LogP contribution in [0, 0.1) is 0 Å². The highest BCUT2D eigenvalue weighted by Gasteiger charge is 2.28. The van der Waals surface area contributed by atoms with E-state index >= 15 is 0 Å². The molecule has 0 saturated carbocycles. The van der Waals surface area contributed by atoms with Gasteiger partial charge in [-0.1, -0.05) is 38.2 Å². The van der Waals surface area contributed by atoms with Gasteiger partial charge in [0.2, 0.25) is 5.91 Å². The number of carbonyl (C=O) groups excluding carboxylic acids is 2. The molecular formula is C16H27NO3. The summed E-state index contributed by atoms with van der Waals surface area (Å²) in [5.41, 5.74) is 0. The average molecular weight is 281 g/mol. The summed E-state index contributed by atoms with van der Waals surface area (Å²) in [4.78, 5) is 22.6. The topological polar surface area (TPSA) is 55.4 Å². The van der Waals surface area contributed by atoms with Crippen LogP contribution >= 0.6 is 0 Å². The first kappa shape index (κ1) is 16.7. The van der Waals surface area contributed by atoms with Gasteiger partial charge in [-0.25, -0.2) is 4.79 Å². The Morgan fingerprint density at radius 1 is 1.20 bits per heavy atom. The van der Waals surface area contributed by atoms with E-state index in [1.165, 1.54) is 32.1 Å². The minimum atomic E-state index is -0.410. The molecule has 1 aliphatic heterocycles. The van der Waals surface area contributed by atoms with Crippen molar-refractivity contribution in [3.05, 3.63) is 12.7 Å². The number of carbonyl (C=O) groups is 2. The fourth-order valence-electron chi connectivity index (χ4n) is 2.34. The molecule has 1 atom stereocenters. The van der Waals surface area contributed by atoms with E-state index in [1.54, 1.807) is 0 Å². The van der Waals surface area contributed by atoms with Crippen LogP contribution in [0.4, 0.5) is 0 Å². The Kier molecular flexibility index (Phi) is 8.76. The predicted octanol–water partition coefficient (Wildman–Crippen LogP) is 3.12. The van der Waals surface area contributed by atoms with Gasteiger partial charge in [-0.3, -0.25) is 4.79 Å². The molecule has 1 heterocycles. The van der Waals surface area contributed by atoms with Crippen molar-refractivity contribution in [1.29, 1.82) is 0 Å². The van der Waals surface area contributed by atoms with Crippen LogP contribution in [0.2, 0.25) is 0 Å². The van der Waals surface area contributed by atoms with E-state index in [0.29, 0.717) is 19.4 Å². The summed E-state index contributed by atoms with van der Waals surface area (Å²) in [6, 6.07) is -0.410. The fraction of sp³-hybridized carbons (Fsp3) is 0.750. The van der Waals surface area contributed by atoms with E-state index in [2.05, 4.69) is 11.9 Å². The second-order valence-corrected chi connectivity index (χ2v) is 5.38. The minimum Gasteiger partial charge on any atom is -0.464 e. The largest absolute Gasteiger partial charge is 0.464 e. The second kappa shape index (κ2) is 10.5. The SMILES string of the molecule is C=CCCCCCCCCCOC(=O)[C@@H]1CCC(=O)N1. The molecular weight excluding hydrogens is 254 g/mol. The summed E-state index contributed by atoms with van der Waals surface area (Å²) in [5, 5.41) is 2.62. The van der Waals surface area contributed by atoms with Crippen LogP contribution in [0.5, 0.6) is 0 Å². The third kappa shape index (κ3) is 7.31. The first-order valence-corrected chi connectivity index (χ1v) is 7.81. The Labute approximate surface area is 122 Å². The number of hydrogen-bond acceptors (Lipinski definition) is 3. The Bertz CT molecular complexity index is 315. The van der Waals surface area contributed by atoms with Crippen molar-refractivity contribution >= 4 is 11.9 Å². The lowest BCUT2D eigenvalue weighted by molar-refractivity contribution is -0.146. The zero-order valence-electron chi connectivity index (χ0n) is 12.4. The number of ether oxygens (including phenoxy) is 1. The summed E-state index contributed by atoms with van der Waals surface area (Å²) >= 11 is 0. The lowest BCUT2D eigenvalue weighted by Crippen LogP contribution is -2.34. The van der Waals surface area contributed by atoms with Crippen LogP contribution in [0.15, 0.2) is 12.7 Å². The van der Waals surface area contributed by atoms with Crippen LogP contribution in [0.25, 0.3) is 0 Å². The van der Waals surface area contributed by atoms with Gasteiger partial charge in [-0.2, -0.15) is 0 Å². The highest BCUT2D eigenvalue weighted by molar-refractivity contribution is 5.87. The number of amides is 1. The number of nitrogens with one attached hydrogen (secondary N) is 1. The van der Waals surface area contributed by atoms with Gasteiger partial charge in [0.05, 0.1) is 6.61 Å². The number of unbranched alkanes of at least 4 members (excludes halogenated alkanes) is 7. The Hall–Kier alpha value is -1.32. The molecule has 0 aliphatic carbocycles. The van der Waals surface area contributed by atoms with E-state index in [0.717, 1.165) is 19.3 Å². The molecule has 0 aromatic rings. The molecule has 4 nitrogen and oxygen atoms in total. The first-order chi connectivity index (χ1) is 9.74. The maximum absolute atomic E-state index is 11.6. The van der Waals surface area contributed by atoms with Crippen molar-refractivity contribution in [2.75, 3.05) is 6.61 Å². The van der Waals surface area contributed by atoms with Crippen LogP contribution in [-0.2, 0) is 14.3 Å². The predicted molar refractivity (Wildman–Crippen MR) is 79.3 cm³/mol. The second-order valence-electron chi connectivity index (χ2n) is 5.38. The number of allylic oxidation sites excluding steroid dienone is 1. The van der Waals surface area contributed by atoms with Gasteiger partial charge in [-0.05, 0) is 25.7 Å². The van der Waals surface area contributed by atoms with Gasteiger partial charge < -0.3 is 10.1 Å². The maximum atomic E-state index is 11.6. The molecule has 0 aromatic carbocycles. The molecule has 1 amide bonds. The van der Waals surface area contributed by atoms with Crippen molar-refractivity contribution < 1.29 is 14.3 Å². The van der Waals surface area contributed by atoms with Crippen LogP contribution in [-0.4, -0.2) is 24.5 Å². The molecule has 1 rings (SSSR count). The normalized spacial score (nSPS) is 17.8. The first-order valence-electron chi connectivity index (χ1n) is 7.81. The summed E-state index contributed by atoms with van der Waals surface area (Å²) in [7, 11) is 0. The molecule has 0 spiro atoms. The Morgan fingerprint density at radius 3 is 2.45 bits per heavy atom. The molecule has 1 aliphatic rings. The lowest BCUT2D eigenvalue weighted by atomic mass is 10.1. The molecule has 1 N–H and O–H groups in total. The van der Waals surface area contributed by atoms with Crippen LogP contribution < -0.4 is 5.32 Å². The average Bonchev–Trinajstić information content (AvgIpc) is 2.87. The van der Waals surface area contributed by atoms with Crippen LogP contribution in [0.3, 0.4) is 0 Å². The Balaban J connectivity index is 1.86. The van der Waals surface area contributed by atoms with Crippen molar-refractivity contribution in [2.45, 2.75) is 70.3 Å². The molecule has 1 saturated heterocycles. The molecule has 20 heavy (non-hydrogen) atoms. The van der Waals surface area contributed by atoms with Gasteiger partial charge in [0, 0.05) is 6.42 Å². The standard InChI is InChI=1S/C16H27NO3/c1-2-3-4-5-6-7-8-9-10-13-20-16(19)14-11-12-15(18)17-14/h2,14H,1,3-13H2,(H,17,18)/t14-/m0/s1. The van der Waals surface area contributed by atoms with E-state index in [1.807, 2.05) is 6.08 Å². The van der Waals surface area contributed by atoms with Gasteiger partial charge >= 0.3 is 5.97 Å². The molecule has 1 fully saturated rings. The summed E-state index contributed by atoms with van der Waals surface area (Å²) in [5.74, 6) is -0.330. The molecule has 0 unspecified atom stereocenters. The van der Waals surface area contributed by atoms with Crippen molar-refractivity contribution in [3.8, 4) is 0 Å². The third-order valence-electron chi connectivity index (χ3n) is 3.58. The maximum Gasteiger partial charge on any atom is 0.328 e. The number of hydrogen-bond donors (Lipinski definition) is 1. The zero-order valence-corrected chi connectivity index (χ0v) is 12.4. The smallest absolute Gasteiger partial charge is 0.328 e. The van der Waals surface area contributed by atoms with Gasteiger partial charge in [-0.15, -0.1) is 6.58 Å². The van der Waals surface area contributed by atoms with Crippen LogP contribution in [0.1, 0.15) is 64.2 Å². The number of esters is 1. The third-order valence-corrected chi connectivity index (χ3v) is 3.58. The van der Waals surface area contributed by atoms with Gasteiger partial charge in [0.25, 0.3) is 0 Å². The van der Waals surface area contributed by atoms with E-state index in [-0.39, 0.29) is 11.9 Å². The van der Waals surface area contributed by atoms with Gasteiger partial charge in [0.1, 0.15) is 6.04 Å². The fourth-order valence-corrected chi connectivity index (χ4v) is 2.34. The van der Waals surface area contributed by atoms with Crippen molar-refractivity contribution in [2.24, 2.45) is 0 Å². The lowest BCUT2D eigenvalue weighted by Gasteiger charge is -2.09. The van der Waals surface area contributed by atoms with E-state index < -0.39 is 6.04 Å². The molecule has 0 radical (unpaired) electrons. The quantitative estimate of drug-likeness (QED) is 0.360. The van der Waals surface area contributed by atoms with Gasteiger partial charge in [0.15, 0.2) is 0 Å². The van der Waals surface area contributed by atoms with Crippen molar-refractivity contribution in [3.63, 3.8) is 0 Å². The molecule has 4 heteroatoms. The van der Waals surface area contributed by atoms with E-state index in [4.69, 9.17) is 4.74 Å². The monoisotopic (exact) mass is 281 g/mol. The summed E-state index contributed by atoms with van der Waals surface area (Å²) in [6.07, 6.45) is 12.4. The summed E-state index contributed by atoms with van der Waals surface area (Å²) in [6.45, 7) is 4.18.